The van der Waals surface area contributed by atoms with Gasteiger partial charge < -0.3 is 20.3 Å². The fourth-order valence-corrected chi connectivity index (χ4v) is 1.43. The van der Waals surface area contributed by atoms with Crippen LogP contribution in [0.5, 0.6) is 5.75 Å². The molecule has 118 valence electrons. The summed E-state index contributed by atoms with van der Waals surface area (Å²) >= 11 is 0. The third-order valence-electron chi connectivity index (χ3n) is 2.64. The number of hydrogen-bond acceptors (Lipinski definition) is 5. The van der Waals surface area contributed by atoms with Crippen molar-refractivity contribution in [3.05, 3.63) is 27.7 Å². The summed E-state index contributed by atoms with van der Waals surface area (Å²) in [5.74, 6) is -2.43. The maximum atomic E-state index is 12.4. The van der Waals surface area contributed by atoms with E-state index >= 15 is 0 Å². The Balaban J connectivity index is 3.07. The molecule has 0 saturated carbocycles. The van der Waals surface area contributed by atoms with Crippen molar-refractivity contribution >= 4 is 5.97 Å². The maximum Gasteiger partial charge on any atom is 0.420 e. The van der Waals surface area contributed by atoms with Crippen molar-refractivity contribution in [3.63, 3.8) is 0 Å². The minimum absolute atomic E-state index is 0.107. The summed E-state index contributed by atoms with van der Waals surface area (Å²) < 4.78 is 37.3. The molecule has 1 heterocycles. The van der Waals surface area contributed by atoms with Gasteiger partial charge in [0.1, 0.15) is 6.04 Å². The molecule has 1 unspecified atom stereocenters. The number of aliphatic hydroxyl groups is 1. The van der Waals surface area contributed by atoms with E-state index in [0.29, 0.717) is 0 Å². The zero-order chi connectivity index (χ0) is 16.4. The molecule has 0 aliphatic heterocycles. The number of carbonyl (C=O) groups is 1. The fourth-order valence-electron chi connectivity index (χ4n) is 1.43. The molecule has 0 aliphatic carbocycles. The highest BCUT2D eigenvalue weighted by Gasteiger charge is 2.42. The molecule has 0 radical (unpaired) electrons. The molecule has 0 fully saturated rings. The topological polar surface area (TPSA) is 123 Å². The fraction of sp³-hybridized carbons (Fsp3) is 0.455. The number of H-pyrrole nitrogens is 1. The van der Waals surface area contributed by atoms with E-state index in [-0.39, 0.29) is 12.2 Å². The van der Waals surface area contributed by atoms with Gasteiger partial charge in [0.05, 0.1) is 5.69 Å². The van der Waals surface area contributed by atoms with Gasteiger partial charge in [-0.05, 0) is 6.92 Å². The molecular weight excluding hydrogens is 297 g/mol. The minimum atomic E-state index is -5.07. The Labute approximate surface area is 116 Å². The number of pyridine rings is 1. The van der Waals surface area contributed by atoms with Crippen molar-refractivity contribution in [2.75, 3.05) is 0 Å². The second kappa shape index (κ2) is 6.14. The van der Waals surface area contributed by atoms with Gasteiger partial charge in [0.2, 0.25) is 5.43 Å². The first-order chi connectivity index (χ1) is 9.54. The van der Waals surface area contributed by atoms with Crippen LogP contribution in [-0.2, 0) is 11.3 Å². The molecule has 0 saturated heterocycles. The van der Waals surface area contributed by atoms with E-state index in [2.05, 4.69) is 10.3 Å². The van der Waals surface area contributed by atoms with Gasteiger partial charge in [-0.3, -0.25) is 14.9 Å². The first-order valence-corrected chi connectivity index (χ1v) is 5.70. The summed E-state index contributed by atoms with van der Waals surface area (Å²) in [6.45, 7) is 1.03. The number of aliphatic carboxylic acids is 1. The van der Waals surface area contributed by atoms with Gasteiger partial charge in [0.15, 0.2) is 11.9 Å². The second-order valence-corrected chi connectivity index (χ2v) is 4.31. The summed E-state index contributed by atoms with van der Waals surface area (Å²) in [5, 5.41) is 29.5. The van der Waals surface area contributed by atoms with E-state index in [1.165, 1.54) is 6.92 Å². The van der Waals surface area contributed by atoms with Gasteiger partial charge in [-0.25, -0.2) is 0 Å². The van der Waals surface area contributed by atoms with Crippen LogP contribution in [0.1, 0.15) is 24.4 Å². The van der Waals surface area contributed by atoms with Gasteiger partial charge in [-0.2, -0.15) is 13.2 Å². The first-order valence-electron chi connectivity index (χ1n) is 5.70. The van der Waals surface area contributed by atoms with Crippen molar-refractivity contribution in [2.24, 2.45) is 0 Å². The van der Waals surface area contributed by atoms with E-state index in [4.69, 9.17) is 10.2 Å². The molecule has 0 amide bonds. The van der Waals surface area contributed by atoms with E-state index in [9.17, 15) is 27.9 Å². The number of aliphatic hydroxyl groups excluding tert-OH is 1. The number of halogens is 3. The Bertz CT molecular complexity index is 584. The van der Waals surface area contributed by atoms with E-state index in [0.717, 1.165) is 6.07 Å². The first kappa shape index (κ1) is 17.0. The highest BCUT2D eigenvalue weighted by Crippen LogP contribution is 2.34. The lowest BCUT2D eigenvalue weighted by Crippen LogP contribution is -2.34. The van der Waals surface area contributed by atoms with Crippen molar-refractivity contribution in [3.8, 4) is 5.75 Å². The average molecular weight is 310 g/mol. The van der Waals surface area contributed by atoms with Crippen molar-refractivity contribution < 1.29 is 33.3 Å². The lowest BCUT2D eigenvalue weighted by molar-refractivity contribution is -0.208. The normalized spacial score (nSPS) is 14.7. The molecule has 0 aliphatic rings. The predicted octanol–water partition coefficient (Wildman–Crippen LogP) is 0.239. The van der Waals surface area contributed by atoms with E-state index in [1.54, 1.807) is 0 Å². The van der Waals surface area contributed by atoms with Crippen LogP contribution in [0.3, 0.4) is 0 Å². The van der Waals surface area contributed by atoms with Gasteiger partial charge in [-0.1, -0.05) is 0 Å². The van der Waals surface area contributed by atoms with Gasteiger partial charge >= 0.3 is 12.1 Å². The number of rotatable bonds is 5. The third kappa shape index (κ3) is 4.20. The molecular formula is C11H13F3N2O5. The van der Waals surface area contributed by atoms with Crippen molar-refractivity contribution in [1.82, 2.24) is 10.3 Å². The quantitative estimate of drug-likeness (QED) is 0.531. The highest BCUT2D eigenvalue weighted by atomic mass is 19.4. The molecule has 5 N–H and O–H groups in total. The van der Waals surface area contributed by atoms with Gasteiger partial charge in [0, 0.05) is 18.3 Å². The average Bonchev–Trinajstić information content (AvgIpc) is 2.37. The van der Waals surface area contributed by atoms with Crippen molar-refractivity contribution in [2.45, 2.75) is 31.8 Å². The number of carboxylic acids is 1. The van der Waals surface area contributed by atoms with Crippen LogP contribution >= 0.6 is 0 Å². The number of alkyl halides is 3. The Kier molecular flexibility index (Phi) is 4.97. The molecule has 0 spiro atoms. The number of hydrogen-bond donors (Lipinski definition) is 5. The predicted molar refractivity (Wildman–Crippen MR) is 63.7 cm³/mol. The van der Waals surface area contributed by atoms with Gasteiger partial charge in [0.25, 0.3) is 0 Å². The van der Waals surface area contributed by atoms with Crippen LogP contribution in [0.15, 0.2) is 10.9 Å². The number of aromatic amines is 1. The largest absolute Gasteiger partial charge is 0.503 e. The molecule has 1 aromatic rings. The lowest BCUT2D eigenvalue weighted by Gasteiger charge is -2.17. The molecule has 1 aromatic heterocycles. The highest BCUT2D eigenvalue weighted by molar-refractivity contribution is 5.72. The van der Waals surface area contributed by atoms with Crippen molar-refractivity contribution in [1.29, 1.82) is 0 Å². The molecule has 0 bridgehead atoms. The van der Waals surface area contributed by atoms with E-state index in [1.807, 2.05) is 0 Å². The Morgan fingerprint density at radius 3 is 2.52 bits per heavy atom. The summed E-state index contributed by atoms with van der Waals surface area (Å²) in [6.07, 6.45) is -8.12. The minimum Gasteiger partial charge on any atom is -0.503 e. The molecule has 10 heteroatoms. The van der Waals surface area contributed by atoms with Crippen LogP contribution in [0, 0.1) is 0 Å². The zero-order valence-corrected chi connectivity index (χ0v) is 10.7. The molecule has 2 atom stereocenters. The summed E-state index contributed by atoms with van der Waals surface area (Å²) in [4.78, 5) is 24.0. The standard InChI is InChI=1S/C11H13F3N2O5/c1-4(10(20)21)15-3-5-2-6(17)8(18)7(16-5)9(19)11(12,13)14/h2,4,9,15,18-19H,3H2,1H3,(H,16,17)(H,20,21)/t4-,9?/m0/s1. The van der Waals surface area contributed by atoms with Crippen LogP contribution in [0.25, 0.3) is 0 Å². The maximum absolute atomic E-state index is 12.4. The Hall–Kier alpha value is -2.07. The molecule has 0 aromatic carbocycles. The number of aromatic hydroxyl groups is 1. The molecule has 7 nitrogen and oxygen atoms in total. The zero-order valence-electron chi connectivity index (χ0n) is 10.7. The lowest BCUT2D eigenvalue weighted by atomic mass is 10.1. The van der Waals surface area contributed by atoms with Crippen LogP contribution in [0.4, 0.5) is 13.2 Å². The monoisotopic (exact) mass is 310 g/mol. The molecule has 21 heavy (non-hydrogen) atoms. The SMILES string of the molecule is C[C@H](NCc1cc(=O)c(O)c(C(O)C(F)(F)F)[nH]1)C(=O)O. The van der Waals surface area contributed by atoms with Crippen LogP contribution < -0.4 is 10.7 Å². The summed E-state index contributed by atoms with van der Waals surface area (Å²) in [7, 11) is 0. The number of carboxylic acid groups (broad SMARTS) is 1. The summed E-state index contributed by atoms with van der Waals surface area (Å²) in [5.41, 5.74) is -2.31. The van der Waals surface area contributed by atoms with E-state index < -0.39 is 41.2 Å². The Morgan fingerprint density at radius 1 is 1.48 bits per heavy atom. The van der Waals surface area contributed by atoms with Gasteiger partial charge in [-0.15, -0.1) is 0 Å². The van der Waals surface area contributed by atoms with Crippen LogP contribution in [-0.4, -0.2) is 38.5 Å². The smallest absolute Gasteiger partial charge is 0.420 e. The summed E-state index contributed by atoms with van der Waals surface area (Å²) in [6, 6.07) is -0.193. The Morgan fingerprint density at radius 2 is 2.05 bits per heavy atom. The second-order valence-electron chi connectivity index (χ2n) is 4.31. The number of nitrogens with one attached hydrogen (secondary N) is 2. The molecule has 1 rings (SSSR count). The third-order valence-corrected chi connectivity index (χ3v) is 2.64. The van der Waals surface area contributed by atoms with Crippen LogP contribution in [0.2, 0.25) is 0 Å². The number of aromatic nitrogens is 1.